The van der Waals surface area contributed by atoms with Crippen molar-refractivity contribution in [1.29, 1.82) is 0 Å². The monoisotopic (exact) mass is 273 g/mol. The van der Waals surface area contributed by atoms with Gasteiger partial charge in [0.25, 0.3) is 0 Å². The quantitative estimate of drug-likeness (QED) is 0.718. The summed E-state index contributed by atoms with van der Waals surface area (Å²) in [6, 6.07) is 10.6. The average molecular weight is 273 g/mol. The van der Waals surface area contributed by atoms with E-state index in [1.807, 2.05) is 29.7 Å². The van der Waals surface area contributed by atoms with Crippen molar-refractivity contribution in [1.82, 2.24) is 14.8 Å². The predicted octanol–water partition coefficient (Wildman–Crippen LogP) is 3.92. The first kappa shape index (κ1) is 12.0. The molecule has 3 rings (SSSR count). The summed E-state index contributed by atoms with van der Waals surface area (Å²) >= 11 is 5.19. The lowest BCUT2D eigenvalue weighted by Crippen LogP contribution is -1.98. The number of nitrogens with zero attached hydrogens (tertiary/aromatic N) is 2. The van der Waals surface area contributed by atoms with Gasteiger partial charge in [0.1, 0.15) is 5.82 Å². The molecule has 0 radical (unpaired) electrons. The van der Waals surface area contributed by atoms with Crippen LogP contribution in [0.4, 0.5) is 4.39 Å². The van der Waals surface area contributed by atoms with Gasteiger partial charge in [0.2, 0.25) is 0 Å². The molecule has 5 heteroatoms. The molecule has 1 heterocycles. The lowest BCUT2D eigenvalue weighted by Gasteiger charge is -2.08. The number of H-pyrrole nitrogens is 1. The van der Waals surface area contributed by atoms with Crippen LogP contribution in [0.15, 0.2) is 36.4 Å². The third kappa shape index (κ3) is 1.86. The summed E-state index contributed by atoms with van der Waals surface area (Å²) in [7, 11) is 0. The topological polar surface area (TPSA) is 33.6 Å². The van der Waals surface area contributed by atoms with Gasteiger partial charge in [-0.25, -0.2) is 4.39 Å². The van der Waals surface area contributed by atoms with Crippen LogP contribution in [0.5, 0.6) is 0 Å². The van der Waals surface area contributed by atoms with Crippen LogP contribution < -0.4 is 0 Å². The minimum atomic E-state index is -0.225. The van der Waals surface area contributed by atoms with E-state index in [0.29, 0.717) is 10.2 Å². The number of hydrogen-bond acceptors (Lipinski definition) is 2. The van der Waals surface area contributed by atoms with Crippen LogP contribution in [-0.2, 0) is 6.54 Å². The molecule has 0 unspecified atom stereocenters. The molecule has 19 heavy (non-hydrogen) atoms. The molecule has 0 amide bonds. The van der Waals surface area contributed by atoms with Crippen molar-refractivity contribution in [2.75, 3.05) is 0 Å². The van der Waals surface area contributed by atoms with Crippen molar-refractivity contribution in [2.24, 2.45) is 0 Å². The molecule has 3 aromatic rings. The van der Waals surface area contributed by atoms with Gasteiger partial charge < -0.3 is 4.57 Å². The normalized spacial score (nSPS) is 11.1. The zero-order chi connectivity index (χ0) is 13.4. The van der Waals surface area contributed by atoms with Crippen molar-refractivity contribution in [3.8, 4) is 11.4 Å². The molecule has 2 aromatic carbocycles. The first-order valence-electron chi connectivity index (χ1n) is 6.05. The summed E-state index contributed by atoms with van der Waals surface area (Å²) in [5, 5.41) is 8.48. The van der Waals surface area contributed by atoms with Gasteiger partial charge in [0, 0.05) is 17.5 Å². The summed E-state index contributed by atoms with van der Waals surface area (Å²) in [6.07, 6.45) is 0. The lowest BCUT2D eigenvalue weighted by molar-refractivity contribution is 0.640. The maximum absolute atomic E-state index is 13.8. The molecule has 0 aliphatic heterocycles. The van der Waals surface area contributed by atoms with E-state index in [4.69, 9.17) is 12.2 Å². The van der Waals surface area contributed by atoms with E-state index in [2.05, 4.69) is 10.2 Å². The molecule has 1 N–H and O–H groups in total. The number of aromatic nitrogens is 3. The van der Waals surface area contributed by atoms with E-state index >= 15 is 0 Å². The SMILES string of the molecule is CCn1c(-c2ccc(F)c3ccccc23)n[nH]c1=S. The van der Waals surface area contributed by atoms with Crippen LogP contribution in [-0.4, -0.2) is 14.8 Å². The molecule has 0 spiro atoms. The van der Waals surface area contributed by atoms with Crippen molar-refractivity contribution in [2.45, 2.75) is 13.5 Å². The minimum absolute atomic E-state index is 0.225. The number of nitrogens with one attached hydrogen (secondary N) is 1. The second kappa shape index (κ2) is 4.59. The van der Waals surface area contributed by atoms with Crippen LogP contribution in [0.1, 0.15) is 6.92 Å². The molecular formula is C14H12FN3S. The van der Waals surface area contributed by atoms with Gasteiger partial charge in [-0.2, -0.15) is 5.10 Å². The maximum atomic E-state index is 13.8. The minimum Gasteiger partial charge on any atom is -0.300 e. The highest BCUT2D eigenvalue weighted by molar-refractivity contribution is 7.71. The number of aromatic amines is 1. The van der Waals surface area contributed by atoms with Crippen molar-refractivity contribution in [3.05, 3.63) is 47.0 Å². The van der Waals surface area contributed by atoms with Crippen molar-refractivity contribution < 1.29 is 4.39 Å². The molecule has 0 aliphatic carbocycles. The molecule has 1 aromatic heterocycles. The summed E-state index contributed by atoms with van der Waals surface area (Å²) in [5.41, 5.74) is 0.881. The van der Waals surface area contributed by atoms with E-state index < -0.39 is 0 Å². The first-order chi connectivity index (χ1) is 9.22. The fourth-order valence-electron chi connectivity index (χ4n) is 2.27. The summed E-state index contributed by atoms with van der Waals surface area (Å²) in [6.45, 7) is 2.72. The molecule has 0 saturated carbocycles. The van der Waals surface area contributed by atoms with E-state index in [9.17, 15) is 4.39 Å². The number of hydrogen-bond donors (Lipinski definition) is 1. The number of halogens is 1. The van der Waals surface area contributed by atoms with E-state index in [1.165, 1.54) is 6.07 Å². The smallest absolute Gasteiger partial charge is 0.195 e. The van der Waals surface area contributed by atoms with Gasteiger partial charge in [-0.05, 0) is 36.7 Å². The van der Waals surface area contributed by atoms with Gasteiger partial charge in [0.05, 0.1) is 0 Å². The zero-order valence-corrected chi connectivity index (χ0v) is 11.2. The number of rotatable bonds is 2. The third-order valence-electron chi connectivity index (χ3n) is 3.19. The maximum Gasteiger partial charge on any atom is 0.195 e. The van der Waals surface area contributed by atoms with Gasteiger partial charge >= 0.3 is 0 Å². The lowest BCUT2D eigenvalue weighted by atomic mass is 10.0. The van der Waals surface area contributed by atoms with Crippen LogP contribution in [0.25, 0.3) is 22.2 Å². The standard InChI is InChI=1S/C14H12FN3S/c1-2-18-13(16-17-14(18)19)11-7-8-12(15)10-6-4-3-5-9(10)11/h3-8H,2H2,1H3,(H,17,19). The molecule has 3 nitrogen and oxygen atoms in total. The molecule has 0 fully saturated rings. The Morgan fingerprint density at radius 1 is 1.21 bits per heavy atom. The largest absolute Gasteiger partial charge is 0.300 e. The fourth-order valence-corrected chi connectivity index (χ4v) is 2.54. The van der Waals surface area contributed by atoms with E-state index in [1.54, 1.807) is 12.1 Å². The van der Waals surface area contributed by atoms with Gasteiger partial charge in [-0.15, -0.1) is 0 Å². The molecule has 0 atom stereocenters. The molecule has 0 saturated heterocycles. The first-order valence-corrected chi connectivity index (χ1v) is 6.46. The number of benzene rings is 2. The zero-order valence-electron chi connectivity index (χ0n) is 10.4. The summed E-state index contributed by atoms with van der Waals surface area (Å²) in [5.74, 6) is 0.514. The number of fused-ring (bicyclic) bond motifs is 1. The Morgan fingerprint density at radius 3 is 2.68 bits per heavy atom. The Morgan fingerprint density at radius 2 is 1.95 bits per heavy atom. The fraction of sp³-hybridized carbons (Fsp3) is 0.143. The molecular weight excluding hydrogens is 261 g/mol. The third-order valence-corrected chi connectivity index (χ3v) is 3.50. The molecule has 0 bridgehead atoms. The Labute approximate surface area is 114 Å². The highest BCUT2D eigenvalue weighted by atomic mass is 32.1. The van der Waals surface area contributed by atoms with E-state index in [0.717, 1.165) is 23.3 Å². The molecule has 0 aliphatic rings. The Hall–Kier alpha value is -2.01. The van der Waals surface area contributed by atoms with Crippen molar-refractivity contribution >= 4 is 23.0 Å². The Kier molecular flexibility index (Phi) is 2.91. The van der Waals surface area contributed by atoms with Crippen LogP contribution in [0.3, 0.4) is 0 Å². The molecule has 96 valence electrons. The van der Waals surface area contributed by atoms with Gasteiger partial charge in [-0.1, -0.05) is 24.3 Å². The second-order valence-electron chi connectivity index (χ2n) is 4.24. The van der Waals surface area contributed by atoms with Gasteiger partial charge in [-0.3, -0.25) is 5.10 Å². The van der Waals surface area contributed by atoms with Crippen LogP contribution >= 0.6 is 12.2 Å². The summed E-state index contributed by atoms with van der Waals surface area (Å²) < 4.78 is 16.3. The van der Waals surface area contributed by atoms with Crippen LogP contribution in [0.2, 0.25) is 0 Å². The van der Waals surface area contributed by atoms with Crippen LogP contribution in [0, 0.1) is 10.6 Å². The summed E-state index contributed by atoms with van der Waals surface area (Å²) in [4.78, 5) is 0. The Bertz CT molecular complexity index is 804. The highest BCUT2D eigenvalue weighted by Crippen LogP contribution is 2.29. The average Bonchev–Trinajstić information content (AvgIpc) is 2.80. The second-order valence-corrected chi connectivity index (χ2v) is 4.62. The van der Waals surface area contributed by atoms with Gasteiger partial charge in [0.15, 0.2) is 10.6 Å². The van der Waals surface area contributed by atoms with E-state index in [-0.39, 0.29) is 5.82 Å². The van der Waals surface area contributed by atoms with Crippen molar-refractivity contribution in [3.63, 3.8) is 0 Å². The highest BCUT2D eigenvalue weighted by Gasteiger charge is 2.12. The predicted molar refractivity (Wildman–Crippen MR) is 76.0 cm³/mol. The Balaban J connectivity index is 2.37.